The van der Waals surface area contributed by atoms with Crippen LogP contribution in [0.4, 0.5) is 5.82 Å². The highest BCUT2D eigenvalue weighted by Crippen LogP contribution is 2.22. The van der Waals surface area contributed by atoms with E-state index in [1.165, 1.54) is 0 Å². The van der Waals surface area contributed by atoms with E-state index < -0.39 is 11.0 Å². The third kappa shape index (κ3) is 4.46. The lowest BCUT2D eigenvalue weighted by Gasteiger charge is -2.34. The van der Waals surface area contributed by atoms with Gasteiger partial charge in [-0.3, -0.25) is 4.79 Å². The normalized spacial score (nSPS) is 15.2. The topological polar surface area (TPSA) is 106 Å². The van der Waals surface area contributed by atoms with Gasteiger partial charge in [-0.25, -0.2) is 18.6 Å². The maximum absolute atomic E-state index is 13.3. The molecule has 1 saturated heterocycles. The predicted molar refractivity (Wildman–Crippen MR) is 131 cm³/mol. The largest absolute Gasteiger partial charge is 0.354 e. The summed E-state index contributed by atoms with van der Waals surface area (Å²) in [6.45, 7) is 2.72. The maximum Gasteiger partial charge on any atom is 0.272 e. The summed E-state index contributed by atoms with van der Waals surface area (Å²) in [5.74, 6) is 0.829. The Bertz CT molecular complexity index is 1450. The van der Waals surface area contributed by atoms with Crippen molar-refractivity contribution >= 4 is 27.6 Å². The number of aromatic nitrogens is 3. The second-order valence-corrected chi connectivity index (χ2v) is 9.57. The van der Waals surface area contributed by atoms with Crippen molar-refractivity contribution in [2.75, 3.05) is 31.1 Å². The fourth-order valence-corrected chi connectivity index (χ4v) is 5.43. The van der Waals surface area contributed by atoms with Gasteiger partial charge in [0.05, 0.1) is 22.0 Å². The number of aromatic amines is 1. The molecule has 2 aromatic carbocycles. The zero-order valence-corrected chi connectivity index (χ0v) is 19.2. The van der Waals surface area contributed by atoms with E-state index >= 15 is 0 Å². The van der Waals surface area contributed by atoms with Crippen molar-refractivity contribution in [3.05, 3.63) is 94.0 Å². The van der Waals surface area contributed by atoms with Crippen molar-refractivity contribution in [2.24, 2.45) is 0 Å². The van der Waals surface area contributed by atoms with Gasteiger partial charge in [0.15, 0.2) is 0 Å². The lowest BCUT2D eigenvalue weighted by molar-refractivity contribution is 0.409. The molecule has 2 aromatic heterocycles. The van der Waals surface area contributed by atoms with Crippen LogP contribution in [0.5, 0.6) is 0 Å². The summed E-state index contributed by atoms with van der Waals surface area (Å²) >= 11 is 0. The van der Waals surface area contributed by atoms with Gasteiger partial charge in [0.1, 0.15) is 22.9 Å². The van der Waals surface area contributed by atoms with E-state index in [0.29, 0.717) is 43.5 Å². The van der Waals surface area contributed by atoms with Crippen LogP contribution in [0.3, 0.4) is 0 Å². The Morgan fingerprint density at radius 3 is 2.59 bits per heavy atom. The van der Waals surface area contributed by atoms with Crippen LogP contribution in [0, 0.1) is 11.3 Å². The Morgan fingerprint density at radius 2 is 1.82 bits per heavy atom. The van der Waals surface area contributed by atoms with Crippen LogP contribution in [-0.4, -0.2) is 49.9 Å². The molecule has 0 saturated carbocycles. The maximum atomic E-state index is 13.3. The monoisotopic (exact) mass is 470 g/mol. The van der Waals surface area contributed by atoms with Crippen molar-refractivity contribution < 1.29 is 4.21 Å². The summed E-state index contributed by atoms with van der Waals surface area (Å²) in [7, 11) is -1.27. The SMILES string of the molecule is N#Cc1ccc(N2CCN(S(=O)c3cccc(Cc4cccc5c(=O)[nH]ncc45)c3)CC2)nc1. The molecule has 1 atom stereocenters. The highest BCUT2D eigenvalue weighted by atomic mass is 32.2. The van der Waals surface area contributed by atoms with Gasteiger partial charge in [0.25, 0.3) is 5.56 Å². The third-order valence-electron chi connectivity index (χ3n) is 5.97. The van der Waals surface area contributed by atoms with Crippen molar-refractivity contribution in [1.82, 2.24) is 19.5 Å². The number of H-pyrrole nitrogens is 1. The predicted octanol–water partition coefficient (Wildman–Crippen LogP) is 2.63. The molecule has 4 aromatic rings. The summed E-state index contributed by atoms with van der Waals surface area (Å²) in [5, 5.41) is 16.8. The number of nitrogens with one attached hydrogen (secondary N) is 1. The molecular weight excluding hydrogens is 448 g/mol. The lowest BCUT2D eigenvalue weighted by atomic mass is 10.0. The molecule has 1 aliphatic heterocycles. The minimum absolute atomic E-state index is 0.204. The van der Waals surface area contributed by atoms with Gasteiger partial charge in [-0.1, -0.05) is 24.3 Å². The van der Waals surface area contributed by atoms with E-state index in [1.807, 2.05) is 46.8 Å². The van der Waals surface area contributed by atoms with E-state index in [0.717, 1.165) is 27.2 Å². The number of nitrogens with zero attached hydrogens (tertiary/aromatic N) is 5. The average Bonchev–Trinajstić information content (AvgIpc) is 2.89. The quantitative estimate of drug-likeness (QED) is 0.481. The van der Waals surface area contributed by atoms with E-state index in [4.69, 9.17) is 5.26 Å². The number of anilines is 1. The van der Waals surface area contributed by atoms with Gasteiger partial charge in [0, 0.05) is 37.8 Å². The van der Waals surface area contributed by atoms with E-state index in [2.05, 4.69) is 26.2 Å². The number of pyridine rings is 1. The van der Waals surface area contributed by atoms with Crippen LogP contribution in [0.2, 0.25) is 0 Å². The van der Waals surface area contributed by atoms with Gasteiger partial charge in [-0.2, -0.15) is 10.4 Å². The Hall–Kier alpha value is -3.87. The van der Waals surface area contributed by atoms with Crippen molar-refractivity contribution in [3.8, 4) is 6.07 Å². The molecule has 0 spiro atoms. The second-order valence-electron chi connectivity index (χ2n) is 8.08. The van der Waals surface area contributed by atoms with Crippen LogP contribution in [0.25, 0.3) is 10.8 Å². The van der Waals surface area contributed by atoms with Crippen LogP contribution < -0.4 is 10.5 Å². The number of hydrogen-bond donors (Lipinski definition) is 1. The number of fused-ring (bicyclic) bond motifs is 1. The van der Waals surface area contributed by atoms with Gasteiger partial charge in [-0.05, 0) is 47.9 Å². The molecule has 1 fully saturated rings. The Labute approximate surface area is 199 Å². The standard InChI is InChI=1S/C25H22N6O2S/c26-15-19-7-8-24(27-16-19)30-9-11-31(12-10-30)34(33)21-5-1-3-18(14-21)13-20-4-2-6-22-23(20)17-28-29-25(22)32/h1-8,14,16-17H,9-13H2,(H,29,32). The van der Waals surface area contributed by atoms with Gasteiger partial charge in [0.2, 0.25) is 0 Å². The van der Waals surface area contributed by atoms with Gasteiger partial charge >= 0.3 is 0 Å². The van der Waals surface area contributed by atoms with Crippen LogP contribution in [0.15, 0.2) is 76.7 Å². The third-order valence-corrected chi connectivity index (χ3v) is 7.46. The first-order chi connectivity index (χ1) is 16.6. The molecule has 0 radical (unpaired) electrons. The molecule has 9 heteroatoms. The molecule has 1 N–H and O–H groups in total. The highest BCUT2D eigenvalue weighted by Gasteiger charge is 2.23. The minimum Gasteiger partial charge on any atom is -0.354 e. The summed E-state index contributed by atoms with van der Waals surface area (Å²) in [5.41, 5.74) is 2.36. The molecule has 3 heterocycles. The number of nitriles is 1. The first kappa shape index (κ1) is 21.9. The fraction of sp³-hybridized carbons (Fsp3) is 0.200. The molecule has 0 aliphatic carbocycles. The van der Waals surface area contributed by atoms with E-state index in [-0.39, 0.29) is 5.56 Å². The first-order valence-corrected chi connectivity index (χ1v) is 12.1. The average molecular weight is 471 g/mol. The van der Waals surface area contributed by atoms with E-state index in [1.54, 1.807) is 24.5 Å². The van der Waals surface area contributed by atoms with Crippen LogP contribution in [0.1, 0.15) is 16.7 Å². The molecule has 170 valence electrons. The zero-order chi connectivity index (χ0) is 23.5. The molecule has 5 rings (SSSR count). The fourth-order valence-electron chi connectivity index (χ4n) is 4.19. The molecule has 34 heavy (non-hydrogen) atoms. The number of hydrogen-bond acceptors (Lipinski definition) is 6. The molecular formula is C25H22N6O2S. The molecule has 1 unspecified atom stereocenters. The number of rotatable bonds is 5. The van der Waals surface area contributed by atoms with Gasteiger partial charge in [-0.15, -0.1) is 0 Å². The molecule has 0 amide bonds. The Kier molecular flexibility index (Phi) is 6.16. The molecule has 8 nitrogen and oxygen atoms in total. The van der Waals surface area contributed by atoms with Gasteiger partial charge < -0.3 is 4.90 Å². The lowest BCUT2D eigenvalue weighted by Crippen LogP contribution is -2.47. The van der Waals surface area contributed by atoms with Crippen molar-refractivity contribution in [2.45, 2.75) is 11.3 Å². The first-order valence-electron chi connectivity index (χ1n) is 10.9. The smallest absolute Gasteiger partial charge is 0.272 e. The molecule has 1 aliphatic rings. The number of piperazine rings is 1. The van der Waals surface area contributed by atoms with Crippen molar-refractivity contribution in [1.29, 1.82) is 5.26 Å². The molecule has 0 bridgehead atoms. The summed E-state index contributed by atoms with van der Waals surface area (Å²) in [6.07, 6.45) is 3.87. The number of benzene rings is 2. The Morgan fingerprint density at radius 1 is 1.00 bits per heavy atom. The second kappa shape index (κ2) is 9.55. The zero-order valence-electron chi connectivity index (χ0n) is 18.3. The summed E-state index contributed by atoms with van der Waals surface area (Å²) in [4.78, 5) is 19.3. The summed E-state index contributed by atoms with van der Waals surface area (Å²) in [6, 6.07) is 19.2. The van der Waals surface area contributed by atoms with E-state index in [9.17, 15) is 9.00 Å². The highest BCUT2D eigenvalue weighted by molar-refractivity contribution is 7.82. The minimum atomic E-state index is -1.27. The van der Waals surface area contributed by atoms with Crippen LogP contribution in [-0.2, 0) is 17.4 Å². The Balaban J connectivity index is 1.28. The van der Waals surface area contributed by atoms with Crippen molar-refractivity contribution in [3.63, 3.8) is 0 Å². The van der Waals surface area contributed by atoms with Crippen LogP contribution >= 0.6 is 0 Å². The summed E-state index contributed by atoms with van der Waals surface area (Å²) < 4.78 is 15.3.